The zero-order valence-corrected chi connectivity index (χ0v) is 10.2. The lowest BCUT2D eigenvalue weighted by atomic mass is 10.1. The second-order valence-electron chi connectivity index (χ2n) is 4.22. The number of carbonyl (C=O) groups excluding carboxylic acids is 1. The van der Waals surface area contributed by atoms with E-state index in [0.717, 1.165) is 10.7 Å². The van der Waals surface area contributed by atoms with E-state index >= 15 is 0 Å². The van der Waals surface area contributed by atoms with Crippen molar-refractivity contribution in [3.63, 3.8) is 0 Å². The largest absolute Gasteiger partial charge is 0.417 e. The summed E-state index contributed by atoms with van der Waals surface area (Å²) in [6, 6.07) is 0.964. The van der Waals surface area contributed by atoms with E-state index in [1.54, 1.807) is 0 Å². The first-order valence-electron chi connectivity index (χ1n) is 5.40. The van der Waals surface area contributed by atoms with Gasteiger partial charge in [0.2, 0.25) is 5.91 Å². The Hall–Kier alpha value is -2.12. The van der Waals surface area contributed by atoms with E-state index in [2.05, 4.69) is 10.1 Å². The third-order valence-corrected chi connectivity index (χ3v) is 2.62. The standard InChI is InChI=1S/C11H11F3N4O/c1-5-3-7(11(12,13)14)9-6(2)17-18(4-8(15)19)10(9)16-5/h3H,4H2,1-2H3,(H2,15,19). The molecule has 5 nitrogen and oxygen atoms in total. The van der Waals surface area contributed by atoms with Crippen LogP contribution in [0.1, 0.15) is 17.0 Å². The van der Waals surface area contributed by atoms with Gasteiger partial charge in [-0.05, 0) is 19.9 Å². The zero-order valence-electron chi connectivity index (χ0n) is 10.2. The molecule has 19 heavy (non-hydrogen) atoms. The topological polar surface area (TPSA) is 73.8 Å². The Bertz CT molecular complexity index is 660. The maximum absolute atomic E-state index is 13.0. The van der Waals surface area contributed by atoms with Gasteiger partial charge in [0.25, 0.3) is 0 Å². The Balaban J connectivity index is 2.79. The van der Waals surface area contributed by atoms with Crippen LogP contribution in [0.2, 0.25) is 0 Å². The number of rotatable bonds is 2. The van der Waals surface area contributed by atoms with Gasteiger partial charge in [-0.25, -0.2) is 9.67 Å². The van der Waals surface area contributed by atoms with Gasteiger partial charge in [-0.15, -0.1) is 0 Å². The monoisotopic (exact) mass is 272 g/mol. The Morgan fingerprint density at radius 3 is 2.58 bits per heavy atom. The molecule has 0 fully saturated rings. The number of nitrogens with two attached hydrogens (primary N) is 1. The summed E-state index contributed by atoms with van der Waals surface area (Å²) in [5, 5.41) is 3.80. The Morgan fingerprint density at radius 1 is 1.42 bits per heavy atom. The highest BCUT2D eigenvalue weighted by Gasteiger charge is 2.35. The molecular formula is C11H11F3N4O. The first-order valence-corrected chi connectivity index (χ1v) is 5.40. The van der Waals surface area contributed by atoms with Crippen LogP contribution in [0.15, 0.2) is 6.07 Å². The van der Waals surface area contributed by atoms with Crippen molar-refractivity contribution in [3.8, 4) is 0 Å². The molecule has 0 spiro atoms. The molecule has 1 amide bonds. The molecule has 0 radical (unpaired) electrons. The summed E-state index contributed by atoms with van der Waals surface area (Å²) in [7, 11) is 0. The summed E-state index contributed by atoms with van der Waals surface area (Å²) in [6.45, 7) is 2.58. The van der Waals surface area contributed by atoms with E-state index in [1.807, 2.05) is 0 Å². The number of primary amides is 1. The van der Waals surface area contributed by atoms with Crippen LogP contribution in [0.25, 0.3) is 11.0 Å². The maximum Gasteiger partial charge on any atom is 0.417 e. The molecule has 0 aliphatic heterocycles. The molecule has 0 aromatic carbocycles. The number of alkyl halides is 3. The lowest BCUT2D eigenvalue weighted by molar-refractivity contribution is -0.136. The molecule has 0 aliphatic rings. The van der Waals surface area contributed by atoms with Crippen LogP contribution >= 0.6 is 0 Å². The van der Waals surface area contributed by atoms with Gasteiger partial charge in [-0.1, -0.05) is 0 Å². The minimum absolute atomic E-state index is 0.0172. The van der Waals surface area contributed by atoms with Crippen LogP contribution in [0, 0.1) is 13.8 Å². The molecule has 2 aromatic rings. The van der Waals surface area contributed by atoms with Gasteiger partial charge in [0.05, 0.1) is 16.6 Å². The first kappa shape index (κ1) is 13.3. The van der Waals surface area contributed by atoms with Crippen molar-refractivity contribution in [2.45, 2.75) is 26.6 Å². The highest BCUT2D eigenvalue weighted by atomic mass is 19.4. The number of amides is 1. The minimum Gasteiger partial charge on any atom is -0.368 e. The van der Waals surface area contributed by atoms with Crippen LogP contribution in [-0.4, -0.2) is 20.7 Å². The predicted molar refractivity (Wildman–Crippen MR) is 61.2 cm³/mol. The average Bonchev–Trinajstić information content (AvgIpc) is 2.52. The lowest BCUT2D eigenvalue weighted by Gasteiger charge is -2.09. The molecule has 0 atom stereocenters. The quantitative estimate of drug-likeness (QED) is 0.901. The molecule has 0 saturated heterocycles. The van der Waals surface area contributed by atoms with Crippen molar-refractivity contribution in [2.24, 2.45) is 5.73 Å². The molecule has 8 heteroatoms. The van der Waals surface area contributed by atoms with E-state index in [9.17, 15) is 18.0 Å². The average molecular weight is 272 g/mol. The number of hydrogen-bond acceptors (Lipinski definition) is 3. The summed E-state index contributed by atoms with van der Waals surface area (Å²) in [6.07, 6.45) is -4.50. The van der Waals surface area contributed by atoms with Gasteiger partial charge < -0.3 is 5.73 Å². The van der Waals surface area contributed by atoms with Gasteiger partial charge >= 0.3 is 6.18 Å². The summed E-state index contributed by atoms with van der Waals surface area (Å²) < 4.78 is 40.1. The summed E-state index contributed by atoms with van der Waals surface area (Å²) in [4.78, 5) is 14.9. The SMILES string of the molecule is Cc1cc(C(F)(F)F)c2c(C)nn(CC(N)=O)c2n1. The third-order valence-electron chi connectivity index (χ3n) is 2.62. The van der Waals surface area contributed by atoms with Crippen molar-refractivity contribution in [2.75, 3.05) is 0 Å². The molecule has 102 valence electrons. The number of halogens is 3. The van der Waals surface area contributed by atoms with Crippen LogP contribution in [0.3, 0.4) is 0 Å². The molecule has 0 unspecified atom stereocenters. The van der Waals surface area contributed by atoms with Crippen LogP contribution in [0.5, 0.6) is 0 Å². The molecule has 0 bridgehead atoms. The van der Waals surface area contributed by atoms with E-state index in [-0.39, 0.29) is 29.0 Å². The molecule has 2 aromatic heterocycles. The molecular weight excluding hydrogens is 261 g/mol. The Morgan fingerprint density at radius 2 is 2.05 bits per heavy atom. The highest BCUT2D eigenvalue weighted by molar-refractivity contribution is 5.84. The van der Waals surface area contributed by atoms with Crippen LogP contribution in [0.4, 0.5) is 13.2 Å². The number of carbonyl (C=O) groups is 1. The van der Waals surface area contributed by atoms with Gasteiger partial charge in [0, 0.05) is 5.69 Å². The second kappa shape index (κ2) is 4.22. The van der Waals surface area contributed by atoms with Crippen LogP contribution in [-0.2, 0) is 17.5 Å². The predicted octanol–water partition coefficient (Wildman–Crippen LogP) is 1.55. The van der Waals surface area contributed by atoms with Gasteiger partial charge in [-0.3, -0.25) is 4.79 Å². The summed E-state index contributed by atoms with van der Waals surface area (Å²) >= 11 is 0. The summed E-state index contributed by atoms with van der Waals surface area (Å²) in [5.74, 6) is -0.693. The molecule has 0 aliphatic carbocycles. The number of aryl methyl sites for hydroxylation is 2. The number of nitrogens with zero attached hydrogens (tertiary/aromatic N) is 3. The van der Waals surface area contributed by atoms with E-state index in [1.165, 1.54) is 13.8 Å². The zero-order chi connectivity index (χ0) is 14.4. The lowest BCUT2D eigenvalue weighted by Crippen LogP contribution is -2.19. The number of fused-ring (bicyclic) bond motifs is 1. The normalized spacial score (nSPS) is 12.1. The van der Waals surface area contributed by atoms with Crippen molar-refractivity contribution in [1.82, 2.24) is 14.8 Å². The Labute approximate surface area is 106 Å². The Kier molecular flexibility index (Phi) is 2.95. The van der Waals surface area contributed by atoms with Crippen molar-refractivity contribution < 1.29 is 18.0 Å². The van der Waals surface area contributed by atoms with E-state index < -0.39 is 17.6 Å². The number of hydrogen-bond donors (Lipinski definition) is 1. The number of pyridine rings is 1. The summed E-state index contributed by atoms with van der Waals surface area (Å²) in [5.41, 5.74) is 4.61. The molecule has 0 saturated carbocycles. The van der Waals surface area contributed by atoms with Crippen molar-refractivity contribution in [1.29, 1.82) is 0 Å². The van der Waals surface area contributed by atoms with E-state index in [4.69, 9.17) is 5.73 Å². The smallest absolute Gasteiger partial charge is 0.368 e. The maximum atomic E-state index is 13.0. The number of aromatic nitrogens is 3. The first-order chi connectivity index (χ1) is 8.70. The fraction of sp³-hybridized carbons (Fsp3) is 0.364. The van der Waals surface area contributed by atoms with Crippen LogP contribution < -0.4 is 5.73 Å². The molecule has 2 rings (SSSR count). The molecule has 2 heterocycles. The highest BCUT2D eigenvalue weighted by Crippen LogP contribution is 2.36. The van der Waals surface area contributed by atoms with Gasteiger partial charge in [0.15, 0.2) is 5.65 Å². The van der Waals surface area contributed by atoms with Gasteiger partial charge in [0.1, 0.15) is 6.54 Å². The fourth-order valence-electron chi connectivity index (χ4n) is 1.96. The van der Waals surface area contributed by atoms with Gasteiger partial charge in [-0.2, -0.15) is 18.3 Å². The van der Waals surface area contributed by atoms with E-state index in [0.29, 0.717) is 0 Å². The fourth-order valence-corrected chi connectivity index (χ4v) is 1.96. The second-order valence-corrected chi connectivity index (χ2v) is 4.22. The van der Waals surface area contributed by atoms with Crippen molar-refractivity contribution >= 4 is 16.9 Å². The minimum atomic E-state index is -4.50. The third kappa shape index (κ3) is 2.38. The van der Waals surface area contributed by atoms with Crippen molar-refractivity contribution in [3.05, 3.63) is 23.0 Å². The molecule has 2 N–H and O–H groups in total.